The Hall–Kier alpha value is -0.440. The van der Waals surface area contributed by atoms with Crippen molar-refractivity contribution in [3.8, 4) is 0 Å². The van der Waals surface area contributed by atoms with Crippen LogP contribution < -0.4 is 0 Å². The summed E-state index contributed by atoms with van der Waals surface area (Å²) < 4.78 is 53.4. The number of hydrogen-bond donors (Lipinski definition) is 1. The van der Waals surface area contributed by atoms with Gasteiger partial charge in [-0.05, 0) is 6.92 Å². The monoisotopic (exact) mass is 486 g/mol. The second-order valence-electron chi connectivity index (χ2n) is 6.76. The number of aliphatic hydroxyl groups excluding tert-OH is 1. The van der Waals surface area contributed by atoms with Gasteiger partial charge in [0.1, 0.15) is 0 Å². The van der Waals surface area contributed by atoms with Gasteiger partial charge < -0.3 is 52.5 Å². The van der Waals surface area contributed by atoms with Gasteiger partial charge in [-0.1, -0.05) is 0 Å². The van der Waals surface area contributed by atoms with Crippen molar-refractivity contribution in [2.75, 3.05) is 133 Å². The molecular weight excluding hydrogens is 440 g/mol. The number of rotatable bonds is 29. The molecule has 0 amide bonds. The van der Waals surface area contributed by atoms with E-state index >= 15 is 0 Å². The van der Waals surface area contributed by atoms with Crippen LogP contribution in [0.1, 0.15) is 6.92 Å². The lowest BCUT2D eigenvalue weighted by molar-refractivity contribution is -0.0361. The van der Waals surface area contributed by atoms with E-state index in [1.807, 2.05) is 6.92 Å². The van der Waals surface area contributed by atoms with E-state index in [1.165, 1.54) is 0 Å². The minimum atomic E-state index is 0.0297. The van der Waals surface area contributed by atoms with Crippen LogP contribution in [0, 0.1) is 0 Å². The quantitative estimate of drug-likeness (QED) is 0.146. The molecule has 0 radical (unpaired) electrons. The molecule has 0 aromatic heterocycles. The highest BCUT2D eigenvalue weighted by Crippen LogP contribution is 1.91. The minimum absolute atomic E-state index is 0.0297. The summed E-state index contributed by atoms with van der Waals surface area (Å²) in [5.41, 5.74) is 0. The second kappa shape index (κ2) is 29.6. The Labute approximate surface area is 198 Å². The smallest absolute Gasteiger partial charge is 0.0781 e. The van der Waals surface area contributed by atoms with Crippen LogP contribution >= 0.6 is 0 Å². The van der Waals surface area contributed by atoms with Gasteiger partial charge in [0.05, 0.1) is 132 Å². The van der Waals surface area contributed by atoms with Crippen molar-refractivity contribution in [1.29, 1.82) is 0 Å². The normalized spacial score (nSPS) is 12.5. The molecule has 1 atom stereocenters. The van der Waals surface area contributed by atoms with E-state index in [9.17, 15) is 0 Å². The van der Waals surface area contributed by atoms with Gasteiger partial charge in [0.15, 0.2) is 0 Å². The van der Waals surface area contributed by atoms with Gasteiger partial charge in [-0.3, -0.25) is 0 Å². The van der Waals surface area contributed by atoms with Crippen molar-refractivity contribution in [3.63, 3.8) is 0 Å². The Morgan fingerprint density at radius 3 is 1.00 bits per heavy atom. The Bertz CT molecular complexity index is 350. The third-order valence-corrected chi connectivity index (χ3v) is 3.87. The summed E-state index contributed by atoms with van der Waals surface area (Å²) in [6.45, 7) is 11.2. The zero-order valence-electron chi connectivity index (χ0n) is 20.5. The van der Waals surface area contributed by atoms with Crippen molar-refractivity contribution >= 4 is 0 Å². The first-order chi connectivity index (χ1) is 16.3. The largest absolute Gasteiger partial charge is 0.394 e. The van der Waals surface area contributed by atoms with Gasteiger partial charge in [-0.25, -0.2) is 0 Å². The van der Waals surface area contributed by atoms with Crippen LogP contribution in [0.4, 0.5) is 0 Å². The fourth-order valence-electron chi connectivity index (χ4n) is 2.30. The van der Waals surface area contributed by atoms with Crippen molar-refractivity contribution in [1.82, 2.24) is 0 Å². The molecule has 0 saturated carbocycles. The molecule has 0 aliphatic heterocycles. The van der Waals surface area contributed by atoms with Crippen LogP contribution in [-0.2, 0) is 47.4 Å². The highest BCUT2D eigenvalue weighted by Gasteiger charge is 2.00. The van der Waals surface area contributed by atoms with E-state index in [2.05, 4.69) is 0 Å². The van der Waals surface area contributed by atoms with Crippen LogP contribution in [0.3, 0.4) is 0 Å². The lowest BCUT2D eigenvalue weighted by Gasteiger charge is -2.12. The Kier molecular flexibility index (Phi) is 29.2. The van der Waals surface area contributed by atoms with Crippen molar-refractivity contribution < 1.29 is 52.5 Å². The van der Waals surface area contributed by atoms with Crippen LogP contribution in [-0.4, -0.2) is 144 Å². The number of hydrogen-bond acceptors (Lipinski definition) is 11. The molecule has 1 N–H and O–H groups in total. The maximum Gasteiger partial charge on any atom is 0.0781 e. The predicted octanol–water partition coefficient (Wildman–Crippen LogP) is 0.163. The SMILES string of the molecule is COCC(C)OCCOCCOCCOCCOCCOCCOCCOCCOCCO. The summed E-state index contributed by atoms with van der Waals surface area (Å²) in [5.74, 6) is 0. The zero-order valence-corrected chi connectivity index (χ0v) is 20.5. The topological polar surface area (TPSA) is 113 Å². The van der Waals surface area contributed by atoms with E-state index in [0.29, 0.717) is 119 Å². The molecule has 0 aromatic rings. The lowest BCUT2D eigenvalue weighted by atomic mass is 10.4. The molecule has 200 valence electrons. The van der Waals surface area contributed by atoms with Gasteiger partial charge in [-0.15, -0.1) is 0 Å². The summed E-state index contributed by atoms with van der Waals surface area (Å²) in [6, 6.07) is 0. The third kappa shape index (κ3) is 29.5. The van der Waals surface area contributed by atoms with E-state index < -0.39 is 0 Å². The third-order valence-electron chi connectivity index (χ3n) is 3.87. The Balaban J connectivity index is 3.03. The Morgan fingerprint density at radius 2 is 0.727 bits per heavy atom. The molecule has 0 heterocycles. The molecule has 0 fully saturated rings. The highest BCUT2D eigenvalue weighted by atomic mass is 16.6. The maximum atomic E-state index is 8.54. The molecule has 0 bridgehead atoms. The first-order valence-corrected chi connectivity index (χ1v) is 11.6. The van der Waals surface area contributed by atoms with Crippen LogP contribution in [0.2, 0.25) is 0 Å². The van der Waals surface area contributed by atoms with Crippen molar-refractivity contribution in [2.24, 2.45) is 0 Å². The summed E-state index contributed by atoms with van der Waals surface area (Å²) in [6.07, 6.45) is 0.0788. The fourth-order valence-corrected chi connectivity index (χ4v) is 2.30. The second-order valence-corrected chi connectivity index (χ2v) is 6.76. The van der Waals surface area contributed by atoms with Gasteiger partial charge in [0.25, 0.3) is 0 Å². The molecule has 0 aliphatic carbocycles. The first-order valence-electron chi connectivity index (χ1n) is 11.6. The van der Waals surface area contributed by atoms with Gasteiger partial charge >= 0.3 is 0 Å². The lowest BCUT2D eigenvalue weighted by Crippen LogP contribution is -2.18. The minimum Gasteiger partial charge on any atom is -0.394 e. The number of methoxy groups -OCH3 is 1. The molecular formula is C22H46O11. The van der Waals surface area contributed by atoms with Crippen LogP contribution in [0.5, 0.6) is 0 Å². The average molecular weight is 487 g/mol. The summed E-state index contributed by atoms with van der Waals surface area (Å²) in [5, 5.41) is 8.54. The maximum absolute atomic E-state index is 8.54. The van der Waals surface area contributed by atoms with Gasteiger partial charge in [0, 0.05) is 7.11 Å². The van der Waals surface area contributed by atoms with Crippen LogP contribution in [0.25, 0.3) is 0 Å². The van der Waals surface area contributed by atoms with Gasteiger partial charge in [-0.2, -0.15) is 0 Å². The molecule has 0 aliphatic rings. The van der Waals surface area contributed by atoms with Crippen LogP contribution in [0.15, 0.2) is 0 Å². The average Bonchev–Trinajstić information content (AvgIpc) is 2.81. The fraction of sp³-hybridized carbons (Fsp3) is 1.00. The summed E-state index contributed by atoms with van der Waals surface area (Å²) >= 11 is 0. The molecule has 0 saturated heterocycles. The van der Waals surface area contributed by atoms with Gasteiger partial charge in [0.2, 0.25) is 0 Å². The van der Waals surface area contributed by atoms with E-state index in [1.54, 1.807) is 7.11 Å². The summed E-state index contributed by atoms with van der Waals surface area (Å²) in [7, 11) is 1.65. The van der Waals surface area contributed by atoms with E-state index in [4.69, 9.17) is 52.5 Å². The number of aliphatic hydroxyl groups is 1. The molecule has 1 unspecified atom stereocenters. The summed E-state index contributed by atoms with van der Waals surface area (Å²) in [4.78, 5) is 0. The zero-order chi connectivity index (χ0) is 24.1. The van der Waals surface area contributed by atoms with Crippen molar-refractivity contribution in [2.45, 2.75) is 13.0 Å². The molecule has 0 aromatic carbocycles. The van der Waals surface area contributed by atoms with Crippen molar-refractivity contribution in [3.05, 3.63) is 0 Å². The number of ether oxygens (including phenoxy) is 10. The standard InChI is InChI=1S/C22H46O11/c1-22(21-24-2)33-20-19-32-18-17-31-16-15-30-14-13-29-12-11-28-10-9-27-8-7-26-6-5-25-4-3-23/h22-23H,3-21H2,1-2H3. The van der Waals surface area contributed by atoms with E-state index in [-0.39, 0.29) is 12.7 Å². The molecule has 33 heavy (non-hydrogen) atoms. The molecule has 11 nitrogen and oxygen atoms in total. The molecule has 0 spiro atoms. The Morgan fingerprint density at radius 1 is 0.455 bits per heavy atom. The highest BCUT2D eigenvalue weighted by molar-refractivity contribution is 4.45. The predicted molar refractivity (Wildman–Crippen MR) is 121 cm³/mol. The molecule has 11 heteroatoms. The van der Waals surface area contributed by atoms with E-state index in [0.717, 1.165) is 0 Å². The first kappa shape index (κ1) is 32.6. The molecule has 0 rings (SSSR count).